The van der Waals surface area contributed by atoms with Gasteiger partial charge in [-0.3, -0.25) is 4.79 Å². The quantitative estimate of drug-likeness (QED) is 0.824. The number of hydrogen-bond acceptors (Lipinski definition) is 1. The van der Waals surface area contributed by atoms with Crippen molar-refractivity contribution in [1.29, 1.82) is 0 Å². The molecule has 0 saturated heterocycles. The summed E-state index contributed by atoms with van der Waals surface area (Å²) in [6.07, 6.45) is 0.739. The fourth-order valence-electron chi connectivity index (χ4n) is 1.44. The van der Waals surface area contributed by atoms with E-state index in [0.717, 1.165) is 6.42 Å². The predicted molar refractivity (Wildman–Crippen MR) is 68.0 cm³/mol. The van der Waals surface area contributed by atoms with Gasteiger partial charge in [0.05, 0.1) is 5.54 Å². The highest BCUT2D eigenvalue weighted by Crippen LogP contribution is 2.15. The van der Waals surface area contributed by atoms with Crippen LogP contribution in [-0.4, -0.2) is 17.3 Å². The Kier molecular flexibility index (Phi) is 4.52. The number of carbonyl (C=O) groups excluding carboxylic acids is 1. The zero-order valence-corrected chi connectivity index (χ0v) is 11.1. The molecule has 0 saturated carbocycles. The van der Waals surface area contributed by atoms with Crippen LogP contribution in [0.15, 0.2) is 18.2 Å². The molecule has 1 aromatic carbocycles. The highest BCUT2D eigenvalue weighted by molar-refractivity contribution is 6.18. The van der Waals surface area contributed by atoms with Crippen molar-refractivity contribution in [3.63, 3.8) is 0 Å². The van der Waals surface area contributed by atoms with E-state index in [-0.39, 0.29) is 11.7 Å². The molecule has 17 heavy (non-hydrogen) atoms. The molecule has 0 aliphatic heterocycles. The summed E-state index contributed by atoms with van der Waals surface area (Å²) >= 11 is 5.83. The van der Waals surface area contributed by atoms with Gasteiger partial charge in [0.15, 0.2) is 0 Å². The van der Waals surface area contributed by atoms with Crippen LogP contribution in [-0.2, 0) is 0 Å². The van der Waals surface area contributed by atoms with Gasteiger partial charge < -0.3 is 5.32 Å². The molecule has 0 aliphatic carbocycles. The molecule has 94 valence electrons. The second-order valence-corrected chi connectivity index (χ2v) is 4.73. The Hall–Kier alpha value is -1.09. The van der Waals surface area contributed by atoms with Crippen LogP contribution in [0.4, 0.5) is 4.39 Å². The summed E-state index contributed by atoms with van der Waals surface area (Å²) in [5.41, 5.74) is 0.672. The zero-order valence-electron chi connectivity index (χ0n) is 10.3. The number of alkyl halides is 1. The minimum atomic E-state index is -0.431. The number of amides is 1. The van der Waals surface area contributed by atoms with Crippen LogP contribution in [0, 0.1) is 12.7 Å². The van der Waals surface area contributed by atoms with Crippen molar-refractivity contribution in [1.82, 2.24) is 5.32 Å². The summed E-state index contributed by atoms with van der Waals surface area (Å²) in [4.78, 5) is 12.0. The van der Waals surface area contributed by atoms with Crippen LogP contribution in [0.1, 0.15) is 36.2 Å². The van der Waals surface area contributed by atoms with Crippen molar-refractivity contribution in [2.75, 3.05) is 5.88 Å². The van der Waals surface area contributed by atoms with Crippen LogP contribution in [0.5, 0.6) is 0 Å². The van der Waals surface area contributed by atoms with Gasteiger partial charge in [0.2, 0.25) is 0 Å². The molecule has 1 aromatic rings. The first-order valence-corrected chi connectivity index (χ1v) is 6.10. The molecular weight excluding hydrogens is 241 g/mol. The third-order valence-corrected chi connectivity index (χ3v) is 3.51. The van der Waals surface area contributed by atoms with E-state index in [1.54, 1.807) is 6.92 Å². The molecule has 0 aliphatic rings. The summed E-state index contributed by atoms with van der Waals surface area (Å²) in [5.74, 6) is -0.211. The van der Waals surface area contributed by atoms with Gasteiger partial charge in [-0.25, -0.2) is 4.39 Å². The van der Waals surface area contributed by atoms with Gasteiger partial charge in [0, 0.05) is 11.4 Å². The molecule has 1 amide bonds. The van der Waals surface area contributed by atoms with Gasteiger partial charge in [0.25, 0.3) is 5.91 Å². The van der Waals surface area contributed by atoms with Crippen LogP contribution >= 0.6 is 11.6 Å². The van der Waals surface area contributed by atoms with E-state index in [1.807, 2.05) is 13.8 Å². The molecule has 1 atom stereocenters. The second-order valence-electron chi connectivity index (χ2n) is 4.46. The Morgan fingerprint density at radius 1 is 1.53 bits per heavy atom. The number of nitrogens with one attached hydrogen (secondary N) is 1. The average Bonchev–Trinajstić information content (AvgIpc) is 2.28. The molecule has 0 aromatic heterocycles. The number of hydrogen-bond donors (Lipinski definition) is 1. The maximum absolute atomic E-state index is 12.9. The molecule has 4 heteroatoms. The first kappa shape index (κ1) is 14.0. The van der Waals surface area contributed by atoms with Crippen molar-refractivity contribution in [2.24, 2.45) is 0 Å². The van der Waals surface area contributed by atoms with E-state index in [0.29, 0.717) is 17.0 Å². The average molecular weight is 258 g/mol. The van der Waals surface area contributed by atoms with E-state index in [9.17, 15) is 9.18 Å². The topological polar surface area (TPSA) is 29.1 Å². The van der Waals surface area contributed by atoms with Crippen molar-refractivity contribution >= 4 is 17.5 Å². The Bertz CT molecular complexity index is 416. The lowest BCUT2D eigenvalue weighted by atomic mass is 10.00. The zero-order chi connectivity index (χ0) is 13.1. The first-order chi connectivity index (χ1) is 7.91. The van der Waals surface area contributed by atoms with Crippen molar-refractivity contribution < 1.29 is 9.18 Å². The van der Waals surface area contributed by atoms with Gasteiger partial charge in [0.1, 0.15) is 5.82 Å². The lowest BCUT2D eigenvalue weighted by molar-refractivity contribution is 0.0911. The van der Waals surface area contributed by atoms with Gasteiger partial charge in [-0.2, -0.15) is 0 Å². The lowest BCUT2D eigenvalue weighted by Gasteiger charge is -2.27. The number of benzene rings is 1. The molecule has 0 bridgehead atoms. The van der Waals surface area contributed by atoms with E-state index in [1.165, 1.54) is 18.2 Å². The maximum atomic E-state index is 12.9. The molecule has 0 radical (unpaired) electrons. The van der Waals surface area contributed by atoms with E-state index in [2.05, 4.69) is 5.32 Å². The van der Waals surface area contributed by atoms with E-state index >= 15 is 0 Å². The molecule has 0 heterocycles. The largest absolute Gasteiger partial charge is 0.346 e. The second kappa shape index (κ2) is 5.50. The standard InChI is InChI=1S/C13H17ClFNO/c1-4-13(3,8-14)16-12(17)11-6-5-10(15)7-9(11)2/h5-7H,4,8H2,1-3H3,(H,16,17). The molecule has 1 N–H and O–H groups in total. The third-order valence-electron chi connectivity index (χ3n) is 2.92. The molecule has 0 spiro atoms. The van der Waals surface area contributed by atoms with Crippen molar-refractivity contribution in [2.45, 2.75) is 32.7 Å². The molecule has 1 rings (SSSR count). The fraction of sp³-hybridized carbons (Fsp3) is 0.462. The molecular formula is C13H17ClFNO. The summed E-state index contributed by atoms with van der Waals surface area (Å²) in [7, 11) is 0. The Balaban J connectivity index is 2.90. The molecule has 1 unspecified atom stereocenters. The monoisotopic (exact) mass is 257 g/mol. The Morgan fingerprint density at radius 2 is 2.18 bits per heavy atom. The minimum absolute atomic E-state index is 0.215. The number of carbonyl (C=O) groups is 1. The minimum Gasteiger partial charge on any atom is -0.346 e. The van der Waals surface area contributed by atoms with Gasteiger partial charge in [-0.05, 0) is 44.0 Å². The Morgan fingerprint density at radius 3 is 2.65 bits per heavy atom. The van der Waals surface area contributed by atoms with Crippen molar-refractivity contribution in [3.05, 3.63) is 35.1 Å². The van der Waals surface area contributed by atoms with Crippen LogP contribution in [0.25, 0.3) is 0 Å². The summed E-state index contributed by atoms with van der Waals surface area (Å²) < 4.78 is 12.9. The number of aryl methyl sites for hydroxylation is 1. The smallest absolute Gasteiger partial charge is 0.252 e. The molecule has 2 nitrogen and oxygen atoms in total. The van der Waals surface area contributed by atoms with Crippen LogP contribution in [0.2, 0.25) is 0 Å². The van der Waals surface area contributed by atoms with E-state index in [4.69, 9.17) is 11.6 Å². The number of rotatable bonds is 4. The molecule has 0 fully saturated rings. The number of halogens is 2. The normalized spacial score (nSPS) is 14.2. The van der Waals surface area contributed by atoms with Gasteiger partial charge >= 0.3 is 0 Å². The third kappa shape index (κ3) is 3.43. The highest BCUT2D eigenvalue weighted by Gasteiger charge is 2.24. The first-order valence-electron chi connectivity index (χ1n) is 5.56. The van der Waals surface area contributed by atoms with Crippen molar-refractivity contribution in [3.8, 4) is 0 Å². The highest BCUT2D eigenvalue weighted by atomic mass is 35.5. The summed E-state index contributed by atoms with van der Waals surface area (Å²) in [5, 5.41) is 2.88. The Labute approximate surface area is 106 Å². The summed E-state index contributed by atoms with van der Waals surface area (Å²) in [6, 6.07) is 4.12. The lowest BCUT2D eigenvalue weighted by Crippen LogP contribution is -2.47. The summed E-state index contributed by atoms with van der Waals surface area (Å²) in [6.45, 7) is 5.55. The van der Waals surface area contributed by atoms with E-state index < -0.39 is 5.54 Å². The van der Waals surface area contributed by atoms with Gasteiger partial charge in [-0.15, -0.1) is 11.6 Å². The predicted octanol–water partition coefficient (Wildman–Crippen LogP) is 3.27. The fourth-order valence-corrected chi connectivity index (χ4v) is 1.70. The SMILES string of the molecule is CCC(C)(CCl)NC(=O)c1ccc(F)cc1C. The van der Waals surface area contributed by atoms with Gasteiger partial charge in [-0.1, -0.05) is 6.92 Å². The van der Waals surface area contributed by atoms with Crippen LogP contribution < -0.4 is 5.32 Å². The van der Waals surface area contributed by atoms with Crippen LogP contribution in [0.3, 0.4) is 0 Å². The maximum Gasteiger partial charge on any atom is 0.252 e.